The second-order valence-corrected chi connectivity index (χ2v) is 4.70. The van der Waals surface area contributed by atoms with Crippen molar-refractivity contribution in [2.45, 2.75) is 6.92 Å². The standard InChI is InChI=1S/C13H23N3O4/c1-11(2)12(18)20-10-3-14-13(19)16-6-4-15(5-7-16)8-9-17/h17H,1,3-10H2,2H3,(H,14,19). The Labute approximate surface area is 119 Å². The van der Waals surface area contributed by atoms with Gasteiger partial charge in [-0.25, -0.2) is 9.59 Å². The maximum absolute atomic E-state index is 11.8. The highest BCUT2D eigenvalue weighted by molar-refractivity contribution is 5.86. The quantitative estimate of drug-likeness (QED) is 0.388. The lowest BCUT2D eigenvalue weighted by Crippen LogP contribution is -2.52. The fourth-order valence-corrected chi connectivity index (χ4v) is 1.85. The van der Waals surface area contributed by atoms with Gasteiger partial charge < -0.3 is 20.1 Å². The van der Waals surface area contributed by atoms with Crippen LogP contribution in [0.5, 0.6) is 0 Å². The molecule has 0 aromatic carbocycles. The van der Waals surface area contributed by atoms with E-state index >= 15 is 0 Å². The van der Waals surface area contributed by atoms with Crippen LogP contribution in [0, 0.1) is 0 Å². The zero-order valence-electron chi connectivity index (χ0n) is 11.9. The molecule has 0 radical (unpaired) electrons. The number of carbonyl (C=O) groups excluding carboxylic acids is 2. The Morgan fingerprint density at radius 1 is 1.30 bits per heavy atom. The van der Waals surface area contributed by atoms with Crippen molar-refractivity contribution in [2.24, 2.45) is 0 Å². The average molecular weight is 285 g/mol. The highest BCUT2D eigenvalue weighted by Crippen LogP contribution is 2.01. The van der Waals surface area contributed by atoms with Crippen LogP contribution in [0.15, 0.2) is 12.2 Å². The molecular formula is C13H23N3O4. The molecule has 7 heteroatoms. The Bertz CT molecular complexity index is 352. The highest BCUT2D eigenvalue weighted by atomic mass is 16.5. The number of β-amino-alcohol motifs (C(OH)–C–C–N with tert-alkyl or cyclic N) is 1. The lowest BCUT2D eigenvalue weighted by atomic mass is 10.3. The van der Waals surface area contributed by atoms with Crippen molar-refractivity contribution in [3.63, 3.8) is 0 Å². The monoisotopic (exact) mass is 285 g/mol. The third-order valence-electron chi connectivity index (χ3n) is 3.04. The Balaban J connectivity index is 2.14. The van der Waals surface area contributed by atoms with Crippen molar-refractivity contribution in [3.05, 3.63) is 12.2 Å². The van der Waals surface area contributed by atoms with Gasteiger partial charge in [0.1, 0.15) is 6.61 Å². The molecular weight excluding hydrogens is 262 g/mol. The molecule has 0 unspecified atom stereocenters. The van der Waals surface area contributed by atoms with E-state index in [4.69, 9.17) is 9.84 Å². The van der Waals surface area contributed by atoms with Gasteiger partial charge >= 0.3 is 12.0 Å². The number of rotatable bonds is 6. The summed E-state index contributed by atoms with van der Waals surface area (Å²) in [6.07, 6.45) is 0. The number of esters is 1. The van der Waals surface area contributed by atoms with E-state index in [1.165, 1.54) is 0 Å². The summed E-state index contributed by atoms with van der Waals surface area (Å²) in [4.78, 5) is 26.8. The number of aliphatic hydroxyl groups is 1. The SMILES string of the molecule is C=C(C)C(=O)OCCNC(=O)N1CCN(CCO)CC1. The first-order chi connectivity index (χ1) is 9.54. The molecule has 1 saturated heterocycles. The minimum absolute atomic E-state index is 0.139. The fraction of sp³-hybridized carbons (Fsp3) is 0.692. The van der Waals surface area contributed by atoms with E-state index in [1.807, 2.05) is 0 Å². The van der Waals surface area contributed by atoms with Gasteiger partial charge in [-0.15, -0.1) is 0 Å². The number of hydrogen-bond acceptors (Lipinski definition) is 5. The average Bonchev–Trinajstić information content (AvgIpc) is 2.44. The molecule has 0 aliphatic carbocycles. The number of hydrogen-bond donors (Lipinski definition) is 2. The van der Waals surface area contributed by atoms with Crippen molar-refractivity contribution in [1.82, 2.24) is 15.1 Å². The smallest absolute Gasteiger partial charge is 0.333 e. The van der Waals surface area contributed by atoms with Gasteiger partial charge in [-0.05, 0) is 6.92 Å². The van der Waals surface area contributed by atoms with Crippen LogP contribution < -0.4 is 5.32 Å². The van der Waals surface area contributed by atoms with Crippen molar-refractivity contribution in [3.8, 4) is 0 Å². The van der Waals surface area contributed by atoms with Crippen LogP contribution in [0.25, 0.3) is 0 Å². The topological polar surface area (TPSA) is 82.1 Å². The normalized spacial score (nSPS) is 15.8. The largest absolute Gasteiger partial charge is 0.460 e. The summed E-state index contributed by atoms with van der Waals surface area (Å²) in [6, 6.07) is -0.153. The zero-order valence-corrected chi connectivity index (χ0v) is 11.9. The van der Waals surface area contributed by atoms with Gasteiger partial charge in [0, 0.05) is 38.3 Å². The number of aliphatic hydroxyl groups excluding tert-OH is 1. The van der Waals surface area contributed by atoms with E-state index in [0.29, 0.717) is 25.2 Å². The summed E-state index contributed by atoms with van der Waals surface area (Å²) in [5.74, 6) is -0.447. The third kappa shape index (κ3) is 5.58. The van der Waals surface area contributed by atoms with Gasteiger partial charge in [0.25, 0.3) is 0 Å². The molecule has 0 bridgehead atoms. The molecule has 1 aliphatic rings. The first kappa shape index (κ1) is 16.5. The van der Waals surface area contributed by atoms with E-state index in [9.17, 15) is 9.59 Å². The molecule has 0 aromatic rings. The fourth-order valence-electron chi connectivity index (χ4n) is 1.85. The van der Waals surface area contributed by atoms with Gasteiger partial charge in [0.15, 0.2) is 0 Å². The molecule has 0 spiro atoms. The van der Waals surface area contributed by atoms with Crippen LogP contribution in [-0.4, -0.2) is 79.4 Å². The van der Waals surface area contributed by atoms with Crippen molar-refractivity contribution >= 4 is 12.0 Å². The second kappa shape index (κ2) is 8.55. The Kier molecular flexibility index (Phi) is 7.03. The van der Waals surface area contributed by atoms with Crippen LogP contribution in [0.2, 0.25) is 0 Å². The predicted molar refractivity (Wildman–Crippen MR) is 74.3 cm³/mol. The number of ether oxygens (including phenoxy) is 1. The Hall–Kier alpha value is -1.60. The lowest BCUT2D eigenvalue weighted by molar-refractivity contribution is -0.138. The van der Waals surface area contributed by atoms with Crippen molar-refractivity contribution in [2.75, 3.05) is 52.5 Å². The first-order valence-electron chi connectivity index (χ1n) is 6.73. The minimum atomic E-state index is -0.447. The number of carbonyl (C=O) groups is 2. The van der Waals surface area contributed by atoms with Crippen LogP contribution >= 0.6 is 0 Å². The Morgan fingerprint density at radius 3 is 2.50 bits per heavy atom. The summed E-state index contributed by atoms with van der Waals surface area (Å²) >= 11 is 0. The summed E-state index contributed by atoms with van der Waals surface area (Å²) in [5.41, 5.74) is 0.344. The predicted octanol–water partition coefficient (Wildman–Crippen LogP) is -0.575. The van der Waals surface area contributed by atoms with E-state index in [1.54, 1.807) is 11.8 Å². The molecule has 1 fully saturated rings. The molecule has 0 saturated carbocycles. The third-order valence-corrected chi connectivity index (χ3v) is 3.04. The molecule has 20 heavy (non-hydrogen) atoms. The number of nitrogens with one attached hydrogen (secondary N) is 1. The van der Waals surface area contributed by atoms with Crippen molar-refractivity contribution < 1.29 is 19.4 Å². The molecule has 0 atom stereocenters. The van der Waals surface area contributed by atoms with Gasteiger partial charge in [0.2, 0.25) is 0 Å². The zero-order chi connectivity index (χ0) is 15.0. The molecule has 1 aliphatic heterocycles. The lowest BCUT2D eigenvalue weighted by Gasteiger charge is -2.34. The summed E-state index contributed by atoms with van der Waals surface area (Å²) in [6.45, 7) is 9.06. The maximum atomic E-state index is 11.8. The molecule has 2 N–H and O–H groups in total. The first-order valence-corrected chi connectivity index (χ1v) is 6.73. The van der Waals surface area contributed by atoms with Crippen molar-refractivity contribution in [1.29, 1.82) is 0 Å². The van der Waals surface area contributed by atoms with Gasteiger partial charge in [-0.1, -0.05) is 6.58 Å². The Morgan fingerprint density at radius 2 is 1.95 bits per heavy atom. The maximum Gasteiger partial charge on any atom is 0.333 e. The number of nitrogens with zero attached hydrogens (tertiary/aromatic N) is 2. The summed E-state index contributed by atoms with van der Waals surface area (Å²) in [5, 5.41) is 11.5. The van der Waals surface area contributed by atoms with E-state index in [2.05, 4.69) is 16.8 Å². The van der Waals surface area contributed by atoms with Crippen LogP contribution in [-0.2, 0) is 9.53 Å². The number of piperazine rings is 1. The molecule has 2 amide bonds. The second-order valence-electron chi connectivity index (χ2n) is 4.70. The summed E-state index contributed by atoms with van der Waals surface area (Å²) in [7, 11) is 0. The van der Waals surface area contributed by atoms with E-state index < -0.39 is 5.97 Å². The summed E-state index contributed by atoms with van der Waals surface area (Å²) < 4.78 is 4.88. The minimum Gasteiger partial charge on any atom is -0.460 e. The number of amides is 2. The molecule has 1 rings (SSSR count). The molecule has 0 aromatic heterocycles. The van der Waals surface area contributed by atoms with Crippen LogP contribution in [0.4, 0.5) is 4.79 Å². The van der Waals surface area contributed by atoms with Gasteiger partial charge in [0.05, 0.1) is 13.2 Å². The van der Waals surface area contributed by atoms with Gasteiger partial charge in [-0.3, -0.25) is 4.90 Å². The van der Waals surface area contributed by atoms with Crippen LogP contribution in [0.3, 0.4) is 0 Å². The molecule has 1 heterocycles. The van der Waals surface area contributed by atoms with Gasteiger partial charge in [-0.2, -0.15) is 0 Å². The molecule has 7 nitrogen and oxygen atoms in total. The van der Waals surface area contributed by atoms with Crippen LogP contribution in [0.1, 0.15) is 6.92 Å². The van der Waals surface area contributed by atoms with E-state index in [-0.39, 0.29) is 25.8 Å². The number of urea groups is 1. The highest BCUT2D eigenvalue weighted by Gasteiger charge is 2.20. The van der Waals surface area contributed by atoms with E-state index in [0.717, 1.165) is 13.1 Å². The molecule has 114 valence electrons.